The first-order valence-corrected chi connectivity index (χ1v) is 14.3. The average molecular weight is 564 g/mol. The molecule has 5 rings (SSSR count). The van der Waals surface area contributed by atoms with Gasteiger partial charge in [-0.3, -0.25) is 14.2 Å². The van der Waals surface area contributed by atoms with Crippen LogP contribution < -0.4 is 0 Å². The van der Waals surface area contributed by atoms with Crippen LogP contribution in [0, 0.1) is 6.92 Å². The third-order valence-electron chi connectivity index (χ3n) is 6.81. The third-order valence-corrected chi connectivity index (χ3v) is 8.06. The van der Waals surface area contributed by atoms with Crippen molar-refractivity contribution in [1.29, 1.82) is 0 Å². The number of piperazine rings is 1. The Morgan fingerprint density at radius 1 is 1.08 bits per heavy atom. The van der Waals surface area contributed by atoms with E-state index in [-0.39, 0.29) is 17.9 Å². The number of aromatic nitrogens is 3. The van der Waals surface area contributed by atoms with E-state index in [1.165, 1.54) is 0 Å². The van der Waals surface area contributed by atoms with E-state index in [2.05, 4.69) is 23.2 Å². The van der Waals surface area contributed by atoms with E-state index >= 15 is 0 Å². The summed E-state index contributed by atoms with van der Waals surface area (Å²) in [5.74, 6) is 2.06. The molecule has 4 aromatic rings. The highest BCUT2D eigenvalue weighted by atomic mass is 35.5. The first-order valence-electron chi connectivity index (χ1n) is 12.9. The summed E-state index contributed by atoms with van der Waals surface area (Å²) in [6.45, 7) is 5.58. The molecule has 0 bridgehead atoms. The molecule has 3 heterocycles. The molecule has 2 aromatic heterocycles. The van der Waals surface area contributed by atoms with Gasteiger partial charge in [-0.05, 0) is 62.2 Å². The van der Waals surface area contributed by atoms with Gasteiger partial charge in [0, 0.05) is 48.4 Å². The van der Waals surface area contributed by atoms with Gasteiger partial charge in [-0.25, -0.2) is 0 Å². The van der Waals surface area contributed by atoms with Crippen molar-refractivity contribution in [3.05, 3.63) is 83.1 Å². The van der Waals surface area contributed by atoms with Crippen LogP contribution >= 0.6 is 23.4 Å². The van der Waals surface area contributed by atoms with Crippen molar-refractivity contribution in [1.82, 2.24) is 24.6 Å². The zero-order valence-electron chi connectivity index (χ0n) is 21.9. The molecule has 2 amide bonds. The van der Waals surface area contributed by atoms with Gasteiger partial charge in [0.15, 0.2) is 10.9 Å². The number of amides is 2. The second kappa shape index (κ2) is 12.1. The fourth-order valence-electron chi connectivity index (χ4n) is 4.78. The Morgan fingerprint density at radius 2 is 1.92 bits per heavy atom. The molecule has 0 aliphatic carbocycles. The number of hydrogen-bond acceptors (Lipinski definition) is 6. The number of rotatable bonds is 8. The first kappa shape index (κ1) is 27.0. The number of para-hydroxylation sites is 1. The first-order chi connectivity index (χ1) is 18.9. The molecule has 8 nitrogen and oxygen atoms in total. The molecule has 39 heavy (non-hydrogen) atoms. The van der Waals surface area contributed by atoms with Gasteiger partial charge in [0.05, 0.1) is 12.0 Å². The third kappa shape index (κ3) is 6.04. The molecule has 1 aliphatic rings. The van der Waals surface area contributed by atoms with Crippen molar-refractivity contribution < 1.29 is 14.0 Å². The maximum atomic E-state index is 13.0. The molecule has 1 aliphatic heterocycles. The molecule has 1 fully saturated rings. The molecule has 0 spiro atoms. The summed E-state index contributed by atoms with van der Waals surface area (Å²) in [7, 11) is 0. The summed E-state index contributed by atoms with van der Waals surface area (Å²) in [6.07, 6.45) is 2.76. The number of furan rings is 1. The number of benzene rings is 2. The van der Waals surface area contributed by atoms with Gasteiger partial charge < -0.3 is 14.2 Å². The number of carbonyl (C=O) groups excluding carboxylic acids is 2. The van der Waals surface area contributed by atoms with Crippen LogP contribution in [-0.4, -0.2) is 67.8 Å². The van der Waals surface area contributed by atoms with Crippen molar-refractivity contribution in [2.45, 2.75) is 37.9 Å². The number of aryl methyl sites for hydroxylation is 1. The molecule has 0 saturated carbocycles. The fraction of sp³-hybridized carbons (Fsp3) is 0.310. The molecule has 2 aromatic carbocycles. The minimum atomic E-state index is -0.0729. The topological polar surface area (TPSA) is 84.5 Å². The van der Waals surface area contributed by atoms with Gasteiger partial charge in [-0.15, -0.1) is 10.2 Å². The predicted molar refractivity (Wildman–Crippen MR) is 152 cm³/mol. The molecule has 1 saturated heterocycles. The van der Waals surface area contributed by atoms with Gasteiger partial charge in [0.25, 0.3) is 5.91 Å². The zero-order chi connectivity index (χ0) is 27.4. The van der Waals surface area contributed by atoms with Crippen molar-refractivity contribution in [2.24, 2.45) is 0 Å². The minimum absolute atomic E-state index is 0.0554. The van der Waals surface area contributed by atoms with Crippen LogP contribution in [-0.2, 0) is 4.79 Å². The monoisotopic (exact) mass is 563 g/mol. The van der Waals surface area contributed by atoms with Crippen LogP contribution in [0.2, 0.25) is 5.02 Å². The van der Waals surface area contributed by atoms with Crippen molar-refractivity contribution >= 4 is 35.2 Å². The Labute approximate surface area is 237 Å². The van der Waals surface area contributed by atoms with E-state index < -0.39 is 0 Å². The lowest BCUT2D eigenvalue weighted by Gasteiger charge is -2.40. The van der Waals surface area contributed by atoms with E-state index in [1.807, 2.05) is 51.6 Å². The van der Waals surface area contributed by atoms with E-state index in [0.717, 1.165) is 22.2 Å². The zero-order valence-corrected chi connectivity index (χ0v) is 23.5. The maximum absolute atomic E-state index is 13.0. The highest BCUT2D eigenvalue weighted by Gasteiger charge is 2.30. The van der Waals surface area contributed by atoms with Crippen LogP contribution in [0.4, 0.5) is 0 Å². The van der Waals surface area contributed by atoms with Crippen molar-refractivity contribution in [3.63, 3.8) is 0 Å². The largest absolute Gasteiger partial charge is 0.461 e. The van der Waals surface area contributed by atoms with Crippen molar-refractivity contribution in [2.75, 3.05) is 25.4 Å². The molecular formula is C29H30ClN5O3S. The summed E-state index contributed by atoms with van der Waals surface area (Å²) in [4.78, 5) is 29.6. The normalized spacial score (nSPS) is 15.5. The molecule has 0 radical (unpaired) electrons. The number of thioether (sulfide) groups is 1. The highest BCUT2D eigenvalue weighted by Crippen LogP contribution is 2.30. The average Bonchev–Trinajstić information content (AvgIpc) is 3.61. The summed E-state index contributed by atoms with van der Waals surface area (Å²) in [5.41, 5.74) is 2.66. The number of carbonyl (C=O) groups is 2. The maximum Gasteiger partial charge on any atom is 0.254 e. The van der Waals surface area contributed by atoms with Gasteiger partial charge in [0.2, 0.25) is 11.7 Å². The van der Waals surface area contributed by atoms with E-state index in [4.69, 9.17) is 16.0 Å². The molecule has 1 unspecified atom stereocenters. The number of nitrogens with zero attached hydrogens (tertiary/aromatic N) is 5. The lowest BCUT2D eigenvalue weighted by Crippen LogP contribution is -2.55. The molecule has 10 heteroatoms. The Bertz CT molecular complexity index is 1450. The number of hydrogen-bond donors (Lipinski definition) is 0. The standard InChI is InChI=1S/C29H30ClN5O3S/c1-20-8-3-4-11-24(20)35-27(25-12-6-16-38-25)31-32-29(35)39-17-7-13-26(36)33-14-15-34(21(2)19-33)28(37)22-9-5-10-23(30)18-22/h3-6,8-12,16,18,21H,7,13-15,17,19H2,1-2H3. The highest BCUT2D eigenvalue weighted by molar-refractivity contribution is 7.99. The Hall–Kier alpha value is -3.56. The number of halogens is 1. The Kier molecular flexibility index (Phi) is 8.38. The van der Waals surface area contributed by atoms with Gasteiger partial charge in [-0.1, -0.05) is 47.6 Å². The summed E-state index contributed by atoms with van der Waals surface area (Å²) < 4.78 is 7.62. The van der Waals surface area contributed by atoms with Gasteiger partial charge in [-0.2, -0.15) is 0 Å². The van der Waals surface area contributed by atoms with E-state index in [1.54, 1.807) is 42.3 Å². The van der Waals surface area contributed by atoms with Crippen LogP contribution in [0.15, 0.2) is 76.5 Å². The van der Waals surface area contributed by atoms with Gasteiger partial charge in [0.1, 0.15) is 0 Å². The summed E-state index contributed by atoms with van der Waals surface area (Å²) >= 11 is 7.64. The van der Waals surface area contributed by atoms with Crippen LogP contribution in [0.25, 0.3) is 17.3 Å². The second-order valence-corrected chi connectivity index (χ2v) is 11.1. The molecule has 1 atom stereocenters. The smallest absolute Gasteiger partial charge is 0.254 e. The summed E-state index contributed by atoms with van der Waals surface area (Å²) in [6, 6.07) is 18.7. The minimum Gasteiger partial charge on any atom is -0.461 e. The summed E-state index contributed by atoms with van der Waals surface area (Å²) in [5, 5.41) is 10.1. The predicted octanol–water partition coefficient (Wildman–Crippen LogP) is 5.73. The SMILES string of the molecule is Cc1ccccc1-n1c(SCCCC(=O)N2CCN(C(=O)c3cccc(Cl)c3)C(C)C2)nnc1-c1ccco1. The van der Waals surface area contributed by atoms with Crippen LogP contribution in [0.1, 0.15) is 35.7 Å². The molecule has 0 N–H and O–H groups in total. The quantitative estimate of drug-likeness (QED) is 0.201. The van der Waals surface area contributed by atoms with Gasteiger partial charge >= 0.3 is 0 Å². The fourth-order valence-corrected chi connectivity index (χ4v) is 5.85. The van der Waals surface area contributed by atoms with E-state index in [0.29, 0.717) is 54.6 Å². The second-order valence-electron chi connectivity index (χ2n) is 9.56. The molecular weight excluding hydrogens is 534 g/mol. The Morgan fingerprint density at radius 3 is 2.67 bits per heavy atom. The van der Waals surface area contributed by atoms with Crippen LogP contribution in [0.3, 0.4) is 0 Å². The lowest BCUT2D eigenvalue weighted by atomic mass is 10.1. The van der Waals surface area contributed by atoms with Crippen molar-refractivity contribution in [3.8, 4) is 17.3 Å². The molecule has 202 valence electrons. The van der Waals surface area contributed by atoms with E-state index in [9.17, 15) is 9.59 Å². The van der Waals surface area contributed by atoms with Crippen LogP contribution in [0.5, 0.6) is 0 Å². The Balaban J connectivity index is 1.17. The lowest BCUT2D eigenvalue weighted by molar-refractivity contribution is -0.133.